The van der Waals surface area contributed by atoms with E-state index in [-0.39, 0.29) is 18.9 Å². The molecule has 0 bridgehead atoms. The Morgan fingerprint density at radius 2 is 0.885 bits per heavy atom. The number of carbonyl (C=O) groups is 1. The summed E-state index contributed by atoms with van der Waals surface area (Å²) in [7, 11) is 0. The van der Waals surface area contributed by atoms with Gasteiger partial charge in [-0.1, -0.05) is 178 Å². The summed E-state index contributed by atoms with van der Waals surface area (Å²) in [5, 5.41) is 120. The van der Waals surface area contributed by atoms with Gasteiger partial charge >= 0.3 is 0 Å². The third-order valence-electron chi connectivity index (χ3n) is 14.9. The van der Waals surface area contributed by atoms with Crippen LogP contribution in [0.2, 0.25) is 0 Å². The minimum Gasteiger partial charge on any atom is -0.394 e. The maximum Gasteiger partial charge on any atom is 0.220 e. The predicted octanol–water partition coefficient (Wildman–Crippen LogP) is 5.09. The van der Waals surface area contributed by atoms with E-state index in [0.717, 1.165) is 83.5 Å². The Balaban J connectivity index is 1.48. The average molecular weight is 1120 g/mol. The zero-order chi connectivity index (χ0) is 56.9. The fourth-order valence-corrected chi connectivity index (χ4v) is 10.0. The van der Waals surface area contributed by atoms with Gasteiger partial charge in [0.15, 0.2) is 18.9 Å². The second-order valence-electron chi connectivity index (χ2n) is 21.4. The van der Waals surface area contributed by atoms with E-state index in [0.29, 0.717) is 12.8 Å². The molecule has 0 aromatic carbocycles. The molecule has 3 aliphatic rings. The molecule has 1 amide bonds. The summed E-state index contributed by atoms with van der Waals surface area (Å²) >= 11 is 0. The highest BCUT2D eigenvalue weighted by atomic mass is 16.8. The van der Waals surface area contributed by atoms with Gasteiger partial charge in [0.05, 0.1) is 38.6 Å². The fourth-order valence-electron chi connectivity index (χ4n) is 10.0. The summed E-state index contributed by atoms with van der Waals surface area (Å²) in [4.78, 5) is 13.3. The lowest BCUT2D eigenvalue weighted by molar-refractivity contribution is -0.379. The van der Waals surface area contributed by atoms with Gasteiger partial charge in [0.1, 0.15) is 73.2 Å². The van der Waals surface area contributed by atoms with Crippen LogP contribution in [-0.4, -0.2) is 193 Å². The highest BCUT2D eigenvalue weighted by Crippen LogP contribution is 2.33. The highest BCUT2D eigenvalue weighted by Gasteiger charge is 2.53. The third kappa shape index (κ3) is 26.3. The number of ether oxygens (including phenoxy) is 6. The molecular formula is C59H105NO18. The van der Waals surface area contributed by atoms with Crippen LogP contribution in [0.3, 0.4) is 0 Å². The van der Waals surface area contributed by atoms with Gasteiger partial charge < -0.3 is 89.9 Å². The van der Waals surface area contributed by atoms with Crippen LogP contribution in [0.4, 0.5) is 0 Å². The van der Waals surface area contributed by atoms with Crippen LogP contribution in [0.25, 0.3) is 0 Å². The first kappa shape index (κ1) is 70.0. The number of unbranched alkanes of at least 4 members (excludes halogenated alkanes) is 19. The molecular weight excluding hydrogens is 1010 g/mol. The number of rotatable bonds is 43. The minimum absolute atomic E-state index is 0.254. The van der Waals surface area contributed by atoms with Gasteiger partial charge in [-0.25, -0.2) is 0 Å². The first-order valence-corrected chi connectivity index (χ1v) is 29.9. The molecule has 3 fully saturated rings. The molecule has 0 spiro atoms. The summed E-state index contributed by atoms with van der Waals surface area (Å²) in [6.45, 7) is 1.65. The van der Waals surface area contributed by atoms with Crippen molar-refractivity contribution in [3.63, 3.8) is 0 Å². The van der Waals surface area contributed by atoms with Crippen molar-refractivity contribution in [2.45, 2.75) is 291 Å². The van der Waals surface area contributed by atoms with Crippen LogP contribution in [0.15, 0.2) is 48.6 Å². The van der Waals surface area contributed by atoms with E-state index in [9.17, 15) is 61.0 Å². The monoisotopic (exact) mass is 1120 g/mol. The standard InChI is InChI=1S/C59H105NO18/c1-3-5-7-9-11-13-15-17-18-19-20-21-22-23-24-25-27-29-31-33-35-37-47(65)60-42(43(64)36-34-32-30-28-26-16-14-12-10-8-6-4-2)41-73-57-53(71)50(68)55(45(39-62)75-57)78-59-54(72)51(69)56(46(40-63)76-59)77-58-52(70)49(67)48(66)44(38-61)74-58/h5,7,11,13,17-18,20-21,42-46,48-59,61-64,66-72H,3-4,6,8-10,12,14-16,19,22-41H2,1-2H3,(H,60,65)/b7-5-,13-11-,18-17-,21-20-. The van der Waals surface area contributed by atoms with Gasteiger partial charge in [0, 0.05) is 6.42 Å². The lowest BCUT2D eigenvalue weighted by Gasteiger charge is -2.48. The molecule has 3 rings (SSSR count). The van der Waals surface area contributed by atoms with Gasteiger partial charge in [0.25, 0.3) is 0 Å². The number of hydrogen-bond acceptors (Lipinski definition) is 18. The Labute approximate surface area is 465 Å². The Morgan fingerprint density at radius 1 is 0.474 bits per heavy atom. The zero-order valence-corrected chi connectivity index (χ0v) is 47.1. The lowest BCUT2D eigenvalue weighted by Crippen LogP contribution is -2.66. The third-order valence-corrected chi connectivity index (χ3v) is 14.9. The van der Waals surface area contributed by atoms with E-state index >= 15 is 0 Å². The van der Waals surface area contributed by atoms with E-state index in [4.69, 9.17) is 28.4 Å². The molecule has 3 aliphatic heterocycles. The van der Waals surface area contributed by atoms with E-state index in [1.807, 2.05) is 0 Å². The molecule has 19 nitrogen and oxygen atoms in total. The van der Waals surface area contributed by atoms with E-state index in [1.165, 1.54) is 70.6 Å². The Morgan fingerprint density at radius 3 is 1.38 bits per heavy atom. The quantitative estimate of drug-likeness (QED) is 0.0279. The smallest absolute Gasteiger partial charge is 0.220 e. The van der Waals surface area contributed by atoms with Gasteiger partial charge in [-0.15, -0.1) is 0 Å². The van der Waals surface area contributed by atoms with Gasteiger partial charge in [-0.3, -0.25) is 4.79 Å². The van der Waals surface area contributed by atoms with Crippen LogP contribution in [0, 0.1) is 0 Å². The van der Waals surface area contributed by atoms with Gasteiger partial charge in [-0.2, -0.15) is 0 Å². The predicted molar refractivity (Wildman–Crippen MR) is 295 cm³/mol. The summed E-state index contributed by atoms with van der Waals surface area (Å²) in [6, 6.07) is -0.891. The van der Waals surface area contributed by atoms with Crippen molar-refractivity contribution in [2.24, 2.45) is 0 Å². The number of allylic oxidation sites excluding steroid dienone is 8. The highest BCUT2D eigenvalue weighted by molar-refractivity contribution is 5.76. The van der Waals surface area contributed by atoms with E-state index in [2.05, 4.69) is 67.8 Å². The van der Waals surface area contributed by atoms with Crippen molar-refractivity contribution in [3.8, 4) is 0 Å². The van der Waals surface area contributed by atoms with Crippen molar-refractivity contribution in [3.05, 3.63) is 48.6 Å². The number of carbonyl (C=O) groups excluding carboxylic acids is 1. The topological polar surface area (TPSA) is 307 Å². The van der Waals surface area contributed by atoms with Crippen LogP contribution in [0.1, 0.15) is 187 Å². The number of amides is 1. The number of nitrogens with one attached hydrogen (secondary N) is 1. The maximum absolute atomic E-state index is 13.3. The molecule has 0 aromatic rings. The van der Waals surface area contributed by atoms with Crippen molar-refractivity contribution in [1.82, 2.24) is 5.32 Å². The summed E-state index contributed by atoms with van der Waals surface area (Å²) in [5.74, 6) is -0.254. The van der Waals surface area contributed by atoms with Crippen LogP contribution < -0.4 is 5.32 Å². The molecule has 78 heavy (non-hydrogen) atoms. The van der Waals surface area contributed by atoms with E-state index in [1.54, 1.807) is 0 Å². The van der Waals surface area contributed by atoms with Gasteiger partial charge in [0.2, 0.25) is 5.91 Å². The average Bonchev–Trinajstić information content (AvgIpc) is 3.46. The Hall–Kier alpha value is -2.25. The number of aliphatic hydroxyl groups excluding tert-OH is 11. The largest absolute Gasteiger partial charge is 0.394 e. The molecule has 19 heteroatoms. The maximum atomic E-state index is 13.3. The molecule has 3 heterocycles. The van der Waals surface area contributed by atoms with Crippen molar-refractivity contribution >= 4 is 5.91 Å². The minimum atomic E-state index is -1.97. The Bertz CT molecular complexity index is 1620. The molecule has 0 aromatic heterocycles. The van der Waals surface area contributed by atoms with Crippen molar-refractivity contribution < 1.29 is 89.4 Å². The summed E-state index contributed by atoms with van der Waals surface area (Å²) in [5.41, 5.74) is 0. The lowest BCUT2D eigenvalue weighted by atomic mass is 9.96. The molecule has 0 saturated carbocycles. The second kappa shape index (κ2) is 42.6. The number of aliphatic hydroxyl groups is 11. The Kier molecular flexibility index (Phi) is 38.2. The summed E-state index contributed by atoms with van der Waals surface area (Å²) < 4.78 is 34.3. The first-order valence-electron chi connectivity index (χ1n) is 29.9. The van der Waals surface area contributed by atoms with Crippen molar-refractivity contribution in [2.75, 3.05) is 26.4 Å². The normalized spacial score (nSPS) is 30.8. The second-order valence-corrected chi connectivity index (χ2v) is 21.4. The van der Waals surface area contributed by atoms with Crippen LogP contribution in [-0.2, 0) is 33.2 Å². The fraction of sp³-hybridized carbons (Fsp3) is 0.847. The van der Waals surface area contributed by atoms with Crippen LogP contribution in [0.5, 0.6) is 0 Å². The first-order chi connectivity index (χ1) is 37.8. The zero-order valence-electron chi connectivity index (χ0n) is 47.1. The molecule has 17 atom stereocenters. The molecule has 3 saturated heterocycles. The molecule has 0 radical (unpaired) electrons. The molecule has 17 unspecified atom stereocenters. The SMILES string of the molecule is CC/C=C\C/C=C\C/C=C\C/C=C\CCCCCCCCCCC(=O)NC(COC1OC(CO)C(OC2OC(CO)C(OC3OC(CO)C(O)C(O)C3O)C(O)C2O)C(O)C1O)C(O)CCCCCCCCCCCCCC. The molecule has 0 aliphatic carbocycles. The number of hydrogen-bond donors (Lipinski definition) is 12. The van der Waals surface area contributed by atoms with Gasteiger partial charge in [-0.05, 0) is 51.4 Å². The molecule has 454 valence electrons. The summed E-state index contributed by atoms with van der Waals surface area (Å²) in [6.07, 6.45) is 19.1. The molecule has 12 N–H and O–H groups in total. The van der Waals surface area contributed by atoms with Crippen LogP contribution >= 0.6 is 0 Å². The van der Waals surface area contributed by atoms with Crippen molar-refractivity contribution in [1.29, 1.82) is 0 Å². The van der Waals surface area contributed by atoms with E-state index < -0.39 is 124 Å².